The average Bonchev–Trinajstić information content (AvgIpc) is 3.31. The Bertz CT molecular complexity index is 811. The maximum atomic E-state index is 12.5. The fourth-order valence-electron chi connectivity index (χ4n) is 2.49. The van der Waals surface area contributed by atoms with Gasteiger partial charge in [0.15, 0.2) is 0 Å². The molecule has 0 radical (unpaired) electrons. The highest BCUT2D eigenvalue weighted by atomic mass is 19.4. The number of alkyl halides is 3. The number of halogens is 3. The molecular weight excluding hydrogens is 351 g/mol. The molecule has 1 amide bonds. The monoisotopic (exact) mass is 367 g/mol. The molecule has 0 saturated heterocycles. The van der Waals surface area contributed by atoms with E-state index in [0.717, 1.165) is 12.8 Å². The highest BCUT2D eigenvalue weighted by Crippen LogP contribution is 2.32. The second-order valence-corrected chi connectivity index (χ2v) is 6.32. The number of amides is 1. The first-order valence-electron chi connectivity index (χ1n) is 8.08. The Morgan fingerprint density at radius 3 is 2.46 bits per heavy atom. The van der Waals surface area contributed by atoms with Crippen LogP contribution in [0.1, 0.15) is 31.2 Å². The normalized spacial score (nSPS) is 15.5. The molecule has 1 saturated carbocycles. The third kappa shape index (κ3) is 4.27. The number of carbonyl (C=O) groups excluding carboxylic acids is 2. The molecule has 0 spiro atoms. The highest BCUT2D eigenvalue weighted by molar-refractivity contribution is 6.36. The number of hydrogen-bond donors (Lipinski definition) is 1. The van der Waals surface area contributed by atoms with E-state index in [-0.39, 0.29) is 18.3 Å². The maximum Gasteiger partial charge on any atom is 0.471 e. The highest BCUT2D eigenvalue weighted by Gasteiger charge is 2.38. The van der Waals surface area contributed by atoms with Gasteiger partial charge in [-0.25, -0.2) is 0 Å². The van der Waals surface area contributed by atoms with Gasteiger partial charge in [-0.2, -0.15) is 18.2 Å². The van der Waals surface area contributed by atoms with E-state index in [0.29, 0.717) is 17.0 Å². The Hall–Kier alpha value is -2.71. The second-order valence-electron chi connectivity index (χ2n) is 6.32. The lowest BCUT2D eigenvalue weighted by molar-refractivity contribution is -0.159. The van der Waals surface area contributed by atoms with Gasteiger partial charge in [-0.1, -0.05) is 29.4 Å². The first-order valence-corrected chi connectivity index (χ1v) is 8.08. The standard InChI is InChI=1S/C17H16F3N3O3/c1-9(11-6-7-11)21-15(25)13(24)8-10-2-4-12(5-3-10)14-22-16(26-23-14)17(18,19)20/h2-5,9,11H,6-8H2,1H3,(H,21,25). The summed E-state index contributed by atoms with van der Waals surface area (Å²) in [6, 6.07) is 5.99. The third-order valence-corrected chi connectivity index (χ3v) is 4.19. The minimum absolute atomic E-state index is 0.0186. The lowest BCUT2D eigenvalue weighted by Crippen LogP contribution is -2.39. The number of nitrogens with zero attached hydrogens (tertiary/aromatic N) is 2. The molecule has 1 aliphatic rings. The van der Waals surface area contributed by atoms with Crippen LogP contribution in [0.2, 0.25) is 0 Å². The summed E-state index contributed by atoms with van der Waals surface area (Å²) in [7, 11) is 0. The topological polar surface area (TPSA) is 85.1 Å². The van der Waals surface area contributed by atoms with Crippen LogP contribution < -0.4 is 5.32 Å². The summed E-state index contributed by atoms with van der Waals surface area (Å²) >= 11 is 0. The smallest absolute Gasteiger partial charge is 0.347 e. The molecular formula is C17H16F3N3O3. The molecule has 1 N–H and O–H groups in total. The Morgan fingerprint density at radius 1 is 1.27 bits per heavy atom. The lowest BCUT2D eigenvalue weighted by Gasteiger charge is -2.11. The van der Waals surface area contributed by atoms with Gasteiger partial charge in [-0.15, -0.1) is 0 Å². The molecule has 6 nitrogen and oxygen atoms in total. The molecule has 1 aliphatic carbocycles. The van der Waals surface area contributed by atoms with Gasteiger partial charge in [-0.3, -0.25) is 9.59 Å². The number of nitrogens with one attached hydrogen (secondary N) is 1. The van der Waals surface area contributed by atoms with E-state index in [9.17, 15) is 22.8 Å². The van der Waals surface area contributed by atoms with Gasteiger partial charge in [0, 0.05) is 18.0 Å². The fourth-order valence-corrected chi connectivity index (χ4v) is 2.49. The molecule has 0 aliphatic heterocycles. The second kappa shape index (κ2) is 6.89. The van der Waals surface area contributed by atoms with Crippen LogP contribution in [0.5, 0.6) is 0 Å². The van der Waals surface area contributed by atoms with Crippen LogP contribution in [0.25, 0.3) is 11.4 Å². The van der Waals surface area contributed by atoms with Gasteiger partial charge in [-0.05, 0) is 31.2 Å². The number of rotatable bonds is 6. The summed E-state index contributed by atoms with van der Waals surface area (Å²) in [5.74, 6) is -2.37. The summed E-state index contributed by atoms with van der Waals surface area (Å²) in [4.78, 5) is 27.2. The van der Waals surface area contributed by atoms with Crippen molar-refractivity contribution in [1.29, 1.82) is 0 Å². The minimum atomic E-state index is -4.71. The molecule has 1 heterocycles. The summed E-state index contributed by atoms with van der Waals surface area (Å²) in [6.07, 6.45) is -2.68. The molecule has 0 bridgehead atoms. The van der Waals surface area contributed by atoms with Crippen molar-refractivity contribution >= 4 is 11.7 Å². The number of benzene rings is 1. The summed E-state index contributed by atoms with van der Waals surface area (Å²) in [6.45, 7) is 1.87. The van der Waals surface area contributed by atoms with Crippen molar-refractivity contribution < 1.29 is 27.3 Å². The zero-order chi connectivity index (χ0) is 18.9. The molecule has 138 valence electrons. The minimum Gasteiger partial charge on any atom is -0.347 e. The van der Waals surface area contributed by atoms with Crippen molar-refractivity contribution in [2.45, 2.75) is 38.4 Å². The summed E-state index contributed by atoms with van der Waals surface area (Å²) in [5.41, 5.74) is 0.875. The molecule has 26 heavy (non-hydrogen) atoms. The first kappa shape index (κ1) is 18.1. The quantitative estimate of drug-likeness (QED) is 0.794. The van der Waals surface area contributed by atoms with Crippen molar-refractivity contribution in [3.05, 3.63) is 35.7 Å². The van der Waals surface area contributed by atoms with Crippen LogP contribution in [0.15, 0.2) is 28.8 Å². The molecule has 1 atom stereocenters. The average molecular weight is 367 g/mol. The van der Waals surface area contributed by atoms with Crippen molar-refractivity contribution in [2.24, 2.45) is 5.92 Å². The number of hydrogen-bond acceptors (Lipinski definition) is 5. The van der Waals surface area contributed by atoms with E-state index in [4.69, 9.17) is 0 Å². The number of Topliss-reactive ketones (excluding diaryl/α,β-unsaturated/α-hetero) is 1. The van der Waals surface area contributed by atoms with E-state index < -0.39 is 23.8 Å². The SMILES string of the molecule is CC(NC(=O)C(=O)Cc1ccc(-c2noc(C(F)(F)F)n2)cc1)C1CC1. The van der Waals surface area contributed by atoms with Crippen LogP contribution >= 0.6 is 0 Å². The van der Waals surface area contributed by atoms with E-state index in [1.54, 1.807) is 0 Å². The Labute approximate surface area is 146 Å². The zero-order valence-electron chi connectivity index (χ0n) is 13.8. The number of aromatic nitrogens is 2. The largest absolute Gasteiger partial charge is 0.471 e. The predicted octanol–water partition coefficient (Wildman–Crippen LogP) is 2.78. The van der Waals surface area contributed by atoms with Crippen molar-refractivity contribution in [2.75, 3.05) is 0 Å². The summed E-state index contributed by atoms with van der Waals surface area (Å²) < 4.78 is 41.6. The van der Waals surface area contributed by atoms with Crippen LogP contribution in [-0.2, 0) is 22.2 Å². The zero-order valence-corrected chi connectivity index (χ0v) is 13.8. The van der Waals surface area contributed by atoms with E-state index in [1.165, 1.54) is 24.3 Å². The Kier molecular flexibility index (Phi) is 4.80. The Balaban J connectivity index is 1.61. The molecule has 3 rings (SSSR count). The summed E-state index contributed by atoms with van der Waals surface area (Å²) in [5, 5.41) is 5.98. The molecule has 9 heteroatoms. The van der Waals surface area contributed by atoms with Gasteiger partial charge < -0.3 is 9.84 Å². The van der Waals surface area contributed by atoms with Crippen LogP contribution in [0.4, 0.5) is 13.2 Å². The van der Waals surface area contributed by atoms with Crippen molar-refractivity contribution in [3.8, 4) is 11.4 Å². The maximum absolute atomic E-state index is 12.5. The molecule has 1 unspecified atom stereocenters. The van der Waals surface area contributed by atoms with Gasteiger partial charge in [0.1, 0.15) is 0 Å². The number of ketones is 1. The van der Waals surface area contributed by atoms with Gasteiger partial charge >= 0.3 is 12.1 Å². The van der Waals surface area contributed by atoms with Crippen molar-refractivity contribution in [1.82, 2.24) is 15.5 Å². The molecule has 1 aromatic heterocycles. The van der Waals surface area contributed by atoms with Crippen LogP contribution in [0.3, 0.4) is 0 Å². The van der Waals surface area contributed by atoms with Crippen molar-refractivity contribution in [3.63, 3.8) is 0 Å². The van der Waals surface area contributed by atoms with E-state index >= 15 is 0 Å². The van der Waals surface area contributed by atoms with Gasteiger partial charge in [0.05, 0.1) is 0 Å². The molecule has 1 aromatic carbocycles. The van der Waals surface area contributed by atoms with Gasteiger partial charge in [0.2, 0.25) is 11.6 Å². The third-order valence-electron chi connectivity index (χ3n) is 4.19. The predicted molar refractivity (Wildman–Crippen MR) is 83.8 cm³/mol. The van der Waals surface area contributed by atoms with Crippen LogP contribution in [-0.4, -0.2) is 27.9 Å². The van der Waals surface area contributed by atoms with E-state index in [1.807, 2.05) is 6.92 Å². The lowest BCUT2D eigenvalue weighted by atomic mass is 10.1. The number of carbonyl (C=O) groups is 2. The Morgan fingerprint density at radius 2 is 1.92 bits per heavy atom. The first-order chi connectivity index (χ1) is 12.2. The van der Waals surface area contributed by atoms with E-state index in [2.05, 4.69) is 20.0 Å². The molecule has 2 aromatic rings. The van der Waals surface area contributed by atoms with Crippen LogP contribution in [0, 0.1) is 5.92 Å². The van der Waals surface area contributed by atoms with Gasteiger partial charge in [0.25, 0.3) is 5.91 Å². The molecule has 1 fully saturated rings. The fraction of sp³-hybridized carbons (Fsp3) is 0.412.